The first kappa shape index (κ1) is 12.4. The van der Waals surface area contributed by atoms with Gasteiger partial charge in [-0.2, -0.15) is 5.10 Å². The molecule has 3 heteroatoms. The lowest BCUT2D eigenvalue weighted by molar-refractivity contribution is 0.149. The topological polar surface area (TPSA) is 38.0 Å². The maximum Gasteiger partial charge on any atom is 0.0615 e. The minimum Gasteiger partial charge on any atom is -0.392 e. The van der Waals surface area contributed by atoms with Crippen molar-refractivity contribution in [3.05, 3.63) is 53.9 Å². The van der Waals surface area contributed by atoms with Gasteiger partial charge in [0, 0.05) is 19.2 Å². The predicted molar refractivity (Wildman–Crippen MR) is 74.9 cm³/mol. The number of aliphatic hydroxyl groups excluding tert-OH is 1. The van der Waals surface area contributed by atoms with E-state index in [4.69, 9.17) is 0 Å². The van der Waals surface area contributed by atoms with Crippen LogP contribution in [-0.4, -0.2) is 21.0 Å². The Morgan fingerprint density at radius 3 is 2.84 bits per heavy atom. The molecular weight excluding hydrogens is 236 g/mol. The lowest BCUT2D eigenvalue weighted by Crippen LogP contribution is -2.13. The van der Waals surface area contributed by atoms with Crippen molar-refractivity contribution in [3.8, 4) is 0 Å². The summed E-state index contributed by atoms with van der Waals surface area (Å²) in [4.78, 5) is 0. The third-order valence-electron chi connectivity index (χ3n) is 4.02. The van der Waals surface area contributed by atoms with Crippen LogP contribution < -0.4 is 0 Å². The number of benzene rings is 1. The molecule has 3 atom stereocenters. The lowest BCUT2D eigenvalue weighted by atomic mass is 10.0. The summed E-state index contributed by atoms with van der Waals surface area (Å²) in [5, 5.41) is 14.6. The fourth-order valence-corrected chi connectivity index (χ4v) is 2.80. The maximum absolute atomic E-state index is 10.3. The Morgan fingerprint density at radius 1 is 1.37 bits per heavy atom. The quantitative estimate of drug-likeness (QED) is 0.893. The van der Waals surface area contributed by atoms with Crippen LogP contribution in [0.5, 0.6) is 0 Å². The molecule has 0 bridgehead atoms. The summed E-state index contributed by atoms with van der Waals surface area (Å²) in [6.07, 6.45) is 5.47. The summed E-state index contributed by atoms with van der Waals surface area (Å²) in [7, 11) is 0. The summed E-state index contributed by atoms with van der Waals surface area (Å²) in [6, 6.07) is 10.5. The smallest absolute Gasteiger partial charge is 0.0615 e. The second-order valence-corrected chi connectivity index (χ2v) is 5.39. The van der Waals surface area contributed by atoms with Crippen LogP contribution in [0, 0.1) is 5.92 Å². The van der Waals surface area contributed by atoms with Crippen LogP contribution in [0.25, 0.3) is 0 Å². The van der Waals surface area contributed by atoms with Crippen molar-refractivity contribution >= 4 is 0 Å². The minimum absolute atomic E-state index is 0.250. The average molecular weight is 256 g/mol. The normalized spacial score (nSPS) is 23.3. The number of hydrogen-bond acceptors (Lipinski definition) is 2. The van der Waals surface area contributed by atoms with Crippen molar-refractivity contribution in [2.45, 2.75) is 38.3 Å². The average Bonchev–Trinajstić information content (AvgIpc) is 3.13. The predicted octanol–water partition coefficient (Wildman–Crippen LogP) is 2.61. The van der Waals surface area contributed by atoms with E-state index in [0.717, 1.165) is 18.5 Å². The Labute approximate surface area is 113 Å². The zero-order valence-electron chi connectivity index (χ0n) is 11.2. The number of hydrogen-bond donors (Lipinski definition) is 1. The van der Waals surface area contributed by atoms with Gasteiger partial charge in [0.1, 0.15) is 0 Å². The first-order valence-corrected chi connectivity index (χ1v) is 7.02. The number of aromatic nitrogens is 2. The van der Waals surface area contributed by atoms with E-state index in [1.165, 1.54) is 5.56 Å². The van der Waals surface area contributed by atoms with Gasteiger partial charge in [0.15, 0.2) is 0 Å². The number of aryl methyl sites for hydroxylation is 1. The molecule has 1 aromatic carbocycles. The van der Waals surface area contributed by atoms with Crippen LogP contribution in [0.4, 0.5) is 0 Å². The van der Waals surface area contributed by atoms with Crippen LogP contribution >= 0.6 is 0 Å². The Balaban J connectivity index is 1.59. The Kier molecular flexibility index (Phi) is 3.38. The second kappa shape index (κ2) is 5.17. The van der Waals surface area contributed by atoms with Crippen LogP contribution in [0.15, 0.2) is 42.7 Å². The van der Waals surface area contributed by atoms with Gasteiger partial charge in [0.25, 0.3) is 0 Å². The van der Waals surface area contributed by atoms with Gasteiger partial charge >= 0.3 is 0 Å². The van der Waals surface area contributed by atoms with Gasteiger partial charge in [-0.05, 0) is 36.3 Å². The molecule has 3 nitrogen and oxygen atoms in total. The molecule has 3 rings (SSSR count). The van der Waals surface area contributed by atoms with Gasteiger partial charge in [-0.1, -0.05) is 30.3 Å². The van der Waals surface area contributed by atoms with Crippen LogP contribution in [0.3, 0.4) is 0 Å². The molecule has 0 saturated heterocycles. The van der Waals surface area contributed by atoms with E-state index in [-0.39, 0.29) is 6.10 Å². The molecule has 1 heterocycles. The molecule has 1 fully saturated rings. The fourth-order valence-electron chi connectivity index (χ4n) is 2.80. The van der Waals surface area contributed by atoms with Crippen LogP contribution in [0.2, 0.25) is 0 Å². The summed E-state index contributed by atoms with van der Waals surface area (Å²) in [6.45, 7) is 2.95. The van der Waals surface area contributed by atoms with Gasteiger partial charge < -0.3 is 5.11 Å². The molecule has 0 aliphatic heterocycles. The Hall–Kier alpha value is -1.61. The highest BCUT2D eigenvalue weighted by Gasteiger charge is 2.43. The molecule has 1 N–H and O–H groups in total. The van der Waals surface area contributed by atoms with Crippen molar-refractivity contribution in [2.24, 2.45) is 5.92 Å². The first-order chi connectivity index (χ1) is 9.28. The largest absolute Gasteiger partial charge is 0.392 e. The van der Waals surface area contributed by atoms with E-state index in [1.54, 1.807) is 0 Å². The lowest BCUT2D eigenvalue weighted by Gasteiger charge is -2.08. The van der Waals surface area contributed by atoms with Gasteiger partial charge in [-0.3, -0.25) is 4.68 Å². The molecule has 0 radical (unpaired) electrons. The SMILES string of the molecule is CCn1cc(CC(O)C2CC2c2ccccc2)cn1. The maximum atomic E-state index is 10.3. The van der Waals surface area contributed by atoms with E-state index in [0.29, 0.717) is 18.3 Å². The van der Waals surface area contributed by atoms with Gasteiger partial charge in [-0.25, -0.2) is 0 Å². The molecule has 3 unspecified atom stereocenters. The monoisotopic (exact) mass is 256 g/mol. The van der Waals surface area contributed by atoms with E-state index in [1.807, 2.05) is 23.1 Å². The molecular formula is C16H20N2O. The number of nitrogens with zero attached hydrogens (tertiary/aromatic N) is 2. The van der Waals surface area contributed by atoms with E-state index < -0.39 is 0 Å². The fraction of sp³-hybridized carbons (Fsp3) is 0.438. The van der Waals surface area contributed by atoms with E-state index >= 15 is 0 Å². The molecule has 1 aliphatic rings. The highest BCUT2D eigenvalue weighted by molar-refractivity contribution is 5.26. The molecule has 1 aromatic heterocycles. The van der Waals surface area contributed by atoms with Gasteiger partial charge in [-0.15, -0.1) is 0 Å². The van der Waals surface area contributed by atoms with Crippen molar-refractivity contribution in [1.82, 2.24) is 9.78 Å². The Bertz CT molecular complexity index is 535. The van der Waals surface area contributed by atoms with E-state index in [2.05, 4.69) is 36.3 Å². The second-order valence-electron chi connectivity index (χ2n) is 5.39. The van der Waals surface area contributed by atoms with Crippen LogP contribution in [-0.2, 0) is 13.0 Å². The molecule has 100 valence electrons. The third kappa shape index (κ3) is 2.71. The zero-order chi connectivity index (χ0) is 13.2. The van der Waals surface area contributed by atoms with Crippen molar-refractivity contribution in [1.29, 1.82) is 0 Å². The first-order valence-electron chi connectivity index (χ1n) is 7.02. The number of rotatable bonds is 5. The Morgan fingerprint density at radius 2 is 2.16 bits per heavy atom. The standard InChI is InChI=1S/C16H20N2O/c1-2-18-11-12(10-17-18)8-16(19)15-9-14(15)13-6-4-3-5-7-13/h3-7,10-11,14-16,19H,2,8-9H2,1H3. The molecule has 2 aromatic rings. The molecule has 1 saturated carbocycles. The molecule has 1 aliphatic carbocycles. The summed E-state index contributed by atoms with van der Waals surface area (Å²) >= 11 is 0. The highest BCUT2D eigenvalue weighted by atomic mass is 16.3. The molecule has 0 amide bonds. The zero-order valence-corrected chi connectivity index (χ0v) is 11.2. The third-order valence-corrected chi connectivity index (χ3v) is 4.02. The molecule has 0 spiro atoms. The van der Waals surface area contributed by atoms with Crippen LogP contribution in [0.1, 0.15) is 30.4 Å². The van der Waals surface area contributed by atoms with Crippen molar-refractivity contribution in [3.63, 3.8) is 0 Å². The molecule has 19 heavy (non-hydrogen) atoms. The van der Waals surface area contributed by atoms with E-state index in [9.17, 15) is 5.11 Å². The number of aliphatic hydroxyl groups is 1. The minimum atomic E-state index is -0.250. The summed E-state index contributed by atoms with van der Waals surface area (Å²) in [5.74, 6) is 0.949. The van der Waals surface area contributed by atoms with Gasteiger partial charge in [0.05, 0.1) is 12.3 Å². The summed E-state index contributed by atoms with van der Waals surface area (Å²) < 4.78 is 1.91. The van der Waals surface area contributed by atoms with Crippen molar-refractivity contribution < 1.29 is 5.11 Å². The summed E-state index contributed by atoms with van der Waals surface area (Å²) in [5.41, 5.74) is 2.49. The van der Waals surface area contributed by atoms with Crippen molar-refractivity contribution in [2.75, 3.05) is 0 Å². The highest BCUT2D eigenvalue weighted by Crippen LogP contribution is 2.49. The van der Waals surface area contributed by atoms with Gasteiger partial charge in [0.2, 0.25) is 0 Å².